The lowest BCUT2D eigenvalue weighted by Gasteiger charge is -2.01. The summed E-state index contributed by atoms with van der Waals surface area (Å²) >= 11 is 12.2. The van der Waals surface area contributed by atoms with Crippen LogP contribution in [-0.2, 0) is 7.05 Å². The Kier molecular flexibility index (Phi) is 3.99. The number of rotatable bonds is 3. The van der Waals surface area contributed by atoms with Crippen molar-refractivity contribution in [3.63, 3.8) is 0 Å². The Morgan fingerprint density at radius 1 is 1.04 bits per heavy atom. The van der Waals surface area contributed by atoms with Crippen LogP contribution < -0.4 is 5.43 Å². The molecule has 8 heteroatoms. The Bertz CT molecular complexity index is 1100. The molecule has 0 saturated carbocycles. The van der Waals surface area contributed by atoms with Crippen molar-refractivity contribution in [1.82, 2.24) is 19.7 Å². The molecule has 0 radical (unpaired) electrons. The van der Waals surface area contributed by atoms with E-state index in [0.29, 0.717) is 15.6 Å². The minimum absolute atomic E-state index is 0.290. The summed E-state index contributed by atoms with van der Waals surface area (Å²) in [5.74, 6) is 0.290. The summed E-state index contributed by atoms with van der Waals surface area (Å²) < 4.78 is 1.97. The van der Waals surface area contributed by atoms with E-state index in [2.05, 4.69) is 25.7 Å². The molecule has 4 rings (SSSR count). The van der Waals surface area contributed by atoms with Gasteiger partial charge in [0.05, 0.1) is 21.8 Å². The van der Waals surface area contributed by atoms with Crippen LogP contribution in [0.5, 0.6) is 0 Å². The minimum Gasteiger partial charge on any atom is -0.327 e. The number of anilines is 1. The predicted octanol–water partition coefficient (Wildman–Crippen LogP) is 4.27. The molecule has 0 aliphatic heterocycles. The van der Waals surface area contributed by atoms with Crippen molar-refractivity contribution in [3.8, 4) is 0 Å². The first-order chi connectivity index (χ1) is 12.1. The van der Waals surface area contributed by atoms with E-state index in [-0.39, 0.29) is 5.95 Å². The predicted molar refractivity (Wildman–Crippen MR) is 101 cm³/mol. The quantitative estimate of drug-likeness (QED) is 0.431. The zero-order valence-electron chi connectivity index (χ0n) is 13.1. The van der Waals surface area contributed by atoms with Crippen molar-refractivity contribution in [1.29, 1.82) is 0 Å². The van der Waals surface area contributed by atoms with Crippen LogP contribution >= 0.6 is 23.2 Å². The lowest BCUT2D eigenvalue weighted by molar-refractivity contribution is 0.949. The van der Waals surface area contributed by atoms with Crippen molar-refractivity contribution in [3.05, 3.63) is 58.1 Å². The van der Waals surface area contributed by atoms with E-state index < -0.39 is 0 Å². The number of para-hydroxylation sites is 1. The molecule has 2 aromatic carbocycles. The molecular formula is C17H12Cl2N6. The molecule has 2 aromatic heterocycles. The minimum atomic E-state index is 0.290. The second kappa shape index (κ2) is 6.31. The summed E-state index contributed by atoms with van der Waals surface area (Å²) in [7, 11) is 1.94. The first kappa shape index (κ1) is 15.8. The van der Waals surface area contributed by atoms with Crippen molar-refractivity contribution in [2.24, 2.45) is 12.1 Å². The highest BCUT2D eigenvalue weighted by Crippen LogP contribution is 2.25. The van der Waals surface area contributed by atoms with E-state index >= 15 is 0 Å². The van der Waals surface area contributed by atoms with Gasteiger partial charge in [0, 0.05) is 18.0 Å². The third kappa shape index (κ3) is 2.79. The maximum absolute atomic E-state index is 6.10. The topological polar surface area (TPSA) is 68.0 Å². The molecule has 6 nitrogen and oxygen atoms in total. The number of hydrogen-bond acceptors (Lipinski definition) is 5. The fourth-order valence-corrected chi connectivity index (χ4v) is 3.14. The average molecular weight is 371 g/mol. The molecule has 124 valence electrons. The van der Waals surface area contributed by atoms with Crippen molar-refractivity contribution >= 4 is 57.4 Å². The van der Waals surface area contributed by atoms with Gasteiger partial charge in [-0.25, -0.2) is 5.43 Å². The van der Waals surface area contributed by atoms with Crippen LogP contribution in [0.2, 0.25) is 10.0 Å². The second-order valence-electron chi connectivity index (χ2n) is 5.39. The smallest absolute Gasteiger partial charge is 0.265 e. The van der Waals surface area contributed by atoms with Crippen molar-refractivity contribution in [2.45, 2.75) is 0 Å². The Hall–Kier alpha value is -2.70. The first-order valence-corrected chi connectivity index (χ1v) is 8.21. The van der Waals surface area contributed by atoms with E-state index in [0.717, 1.165) is 22.1 Å². The molecule has 0 saturated heterocycles. The Labute approximate surface area is 153 Å². The Morgan fingerprint density at radius 3 is 2.60 bits per heavy atom. The molecule has 0 unspecified atom stereocenters. The molecule has 2 heterocycles. The number of aromatic nitrogens is 4. The third-order valence-corrected chi connectivity index (χ3v) is 4.52. The maximum atomic E-state index is 6.10. The summed E-state index contributed by atoms with van der Waals surface area (Å²) in [6.07, 6.45) is 1.53. The van der Waals surface area contributed by atoms with Gasteiger partial charge in [0.25, 0.3) is 5.95 Å². The highest BCUT2D eigenvalue weighted by Gasteiger charge is 2.11. The number of benzene rings is 2. The molecule has 1 N–H and O–H groups in total. The van der Waals surface area contributed by atoms with Gasteiger partial charge in [0.1, 0.15) is 5.52 Å². The standard InChI is InChI=1S/C17H12Cl2N6/c1-25-14-8-3-2-5-10(14)15-16(25)21-17(24-22-15)23-20-9-11-12(18)6-4-7-13(11)19/h2-9H,1H3,(H,21,23,24)/b20-9-. The number of nitrogens with one attached hydrogen (secondary N) is 1. The molecular weight excluding hydrogens is 359 g/mol. The summed E-state index contributed by atoms with van der Waals surface area (Å²) in [5.41, 5.74) is 5.91. The molecule has 0 spiro atoms. The monoisotopic (exact) mass is 370 g/mol. The highest BCUT2D eigenvalue weighted by molar-refractivity contribution is 6.38. The number of halogens is 2. The van der Waals surface area contributed by atoms with Crippen LogP contribution in [-0.4, -0.2) is 26.0 Å². The largest absolute Gasteiger partial charge is 0.327 e. The zero-order valence-corrected chi connectivity index (χ0v) is 14.6. The van der Waals surface area contributed by atoms with E-state index in [9.17, 15) is 0 Å². The van der Waals surface area contributed by atoms with Gasteiger partial charge in [-0.1, -0.05) is 47.5 Å². The van der Waals surface area contributed by atoms with Gasteiger partial charge in [0.15, 0.2) is 5.65 Å². The highest BCUT2D eigenvalue weighted by atomic mass is 35.5. The molecule has 0 fully saturated rings. The fourth-order valence-electron chi connectivity index (χ4n) is 2.64. The summed E-state index contributed by atoms with van der Waals surface area (Å²) in [5, 5.41) is 14.5. The summed E-state index contributed by atoms with van der Waals surface area (Å²) in [4.78, 5) is 4.49. The van der Waals surface area contributed by atoms with Crippen LogP contribution in [0.1, 0.15) is 5.56 Å². The van der Waals surface area contributed by atoms with Crippen molar-refractivity contribution < 1.29 is 0 Å². The lowest BCUT2D eigenvalue weighted by Crippen LogP contribution is -2.01. The number of fused-ring (bicyclic) bond motifs is 3. The van der Waals surface area contributed by atoms with Gasteiger partial charge < -0.3 is 4.57 Å². The molecule has 25 heavy (non-hydrogen) atoms. The number of nitrogens with zero attached hydrogens (tertiary/aromatic N) is 5. The van der Waals surface area contributed by atoms with Gasteiger partial charge in [-0.2, -0.15) is 10.1 Å². The van der Waals surface area contributed by atoms with Gasteiger partial charge in [0.2, 0.25) is 0 Å². The number of aryl methyl sites for hydroxylation is 1. The van der Waals surface area contributed by atoms with E-state index in [1.54, 1.807) is 18.2 Å². The van der Waals surface area contributed by atoms with Gasteiger partial charge in [-0.15, -0.1) is 10.2 Å². The van der Waals surface area contributed by atoms with Gasteiger partial charge in [-0.05, 0) is 18.2 Å². The van der Waals surface area contributed by atoms with Crippen LogP contribution in [0, 0.1) is 0 Å². The zero-order chi connectivity index (χ0) is 17.4. The van der Waals surface area contributed by atoms with E-state index in [1.807, 2.05) is 35.9 Å². The normalized spacial score (nSPS) is 11.6. The first-order valence-electron chi connectivity index (χ1n) is 7.46. The van der Waals surface area contributed by atoms with Gasteiger partial charge in [-0.3, -0.25) is 0 Å². The fraction of sp³-hybridized carbons (Fsp3) is 0.0588. The molecule has 0 aliphatic carbocycles. The maximum Gasteiger partial charge on any atom is 0.265 e. The summed E-state index contributed by atoms with van der Waals surface area (Å²) in [6.45, 7) is 0. The van der Waals surface area contributed by atoms with Gasteiger partial charge >= 0.3 is 0 Å². The van der Waals surface area contributed by atoms with Crippen LogP contribution in [0.15, 0.2) is 47.6 Å². The third-order valence-electron chi connectivity index (χ3n) is 3.86. The van der Waals surface area contributed by atoms with Crippen molar-refractivity contribution in [2.75, 3.05) is 5.43 Å². The average Bonchev–Trinajstić information content (AvgIpc) is 2.90. The molecule has 0 aliphatic rings. The lowest BCUT2D eigenvalue weighted by atomic mass is 10.2. The molecule has 0 bridgehead atoms. The Morgan fingerprint density at radius 2 is 1.80 bits per heavy atom. The van der Waals surface area contributed by atoms with Crippen LogP contribution in [0.4, 0.5) is 5.95 Å². The number of hydrogen-bond donors (Lipinski definition) is 1. The van der Waals surface area contributed by atoms with E-state index in [1.165, 1.54) is 6.21 Å². The van der Waals surface area contributed by atoms with Crippen LogP contribution in [0.25, 0.3) is 22.1 Å². The molecule has 4 aromatic rings. The SMILES string of the molecule is Cn1c2ccccc2c2nnc(N/N=C\c3c(Cl)cccc3Cl)nc21. The Balaban J connectivity index is 1.67. The molecule has 0 atom stereocenters. The number of hydrazone groups is 1. The summed E-state index contributed by atoms with van der Waals surface area (Å²) in [6, 6.07) is 13.2. The van der Waals surface area contributed by atoms with E-state index in [4.69, 9.17) is 23.2 Å². The second-order valence-corrected chi connectivity index (χ2v) is 6.20. The van der Waals surface area contributed by atoms with Crippen LogP contribution in [0.3, 0.4) is 0 Å². The molecule has 0 amide bonds.